The number of sulfone groups is 1. The van der Waals surface area contributed by atoms with Crippen molar-refractivity contribution in [2.24, 2.45) is 20.5 Å². The quantitative estimate of drug-likeness (QED) is 0.0629. The predicted molar refractivity (Wildman–Crippen MR) is 183 cm³/mol. The summed E-state index contributed by atoms with van der Waals surface area (Å²) in [6.45, 7) is 0. The molecule has 0 aliphatic carbocycles. The molecule has 0 heterocycles. The van der Waals surface area contributed by atoms with Gasteiger partial charge in [-0.2, -0.15) is 18.6 Å². The van der Waals surface area contributed by atoms with Gasteiger partial charge in [0.25, 0.3) is 10.1 Å². The minimum absolute atomic E-state index is 0.0270. The van der Waals surface area contributed by atoms with Gasteiger partial charge < -0.3 is 21.7 Å². The van der Waals surface area contributed by atoms with Gasteiger partial charge in [-0.05, 0) is 76.5 Å². The molecule has 0 aromatic heterocycles. The lowest BCUT2D eigenvalue weighted by Crippen LogP contribution is -1.98. The fourth-order valence-electron chi connectivity index (χ4n) is 5.06. The average Bonchev–Trinajstić information content (AvgIpc) is 3.03. The van der Waals surface area contributed by atoms with Gasteiger partial charge in [0, 0.05) is 12.3 Å². The number of nitrogen functional groups attached to an aromatic ring is 2. The minimum atomic E-state index is -4.54. The Kier molecular flexibility index (Phi) is 8.04. The molecule has 0 amide bonds. The monoisotopic (exact) mass is 682 g/mol. The molecule has 13 nitrogen and oxygen atoms in total. The number of hydrogen-bond acceptors (Lipinski definition) is 12. The number of benzene rings is 6. The Morgan fingerprint density at radius 3 is 1.33 bits per heavy atom. The van der Waals surface area contributed by atoms with E-state index in [-0.39, 0.29) is 44.2 Å². The Morgan fingerprint density at radius 1 is 0.542 bits per heavy atom. The zero-order valence-corrected chi connectivity index (χ0v) is 26.6. The van der Waals surface area contributed by atoms with Crippen LogP contribution in [0, 0.1) is 0 Å². The van der Waals surface area contributed by atoms with E-state index in [0.29, 0.717) is 22.1 Å². The number of nitrogens with zero attached hydrogens (tertiary/aromatic N) is 4. The van der Waals surface area contributed by atoms with Gasteiger partial charge in [-0.25, -0.2) is 8.42 Å². The number of phenolic OH excluding ortho intramolecular Hbond substituents is 2. The third kappa shape index (κ3) is 6.37. The van der Waals surface area contributed by atoms with E-state index in [2.05, 4.69) is 20.5 Å². The molecule has 0 radical (unpaired) electrons. The molecule has 7 N–H and O–H groups in total. The lowest BCUT2D eigenvalue weighted by molar-refractivity contribution is 0.471. The van der Waals surface area contributed by atoms with Gasteiger partial charge in [0.2, 0.25) is 0 Å². The van der Waals surface area contributed by atoms with E-state index in [9.17, 15) is 31.6 Å². The van der Waals surface area contributed by atoms with E-state index in [0.717, 1.165) is 29.5 Å². The van der Waals surface area contributed by atoms with Crippen molar-refractivity contribution < 1.29 is 31.6 Å². The van der Waals surface area contributed by atoms with E-state index in [1.807, 2.05) is 24.3 Å². The molecule has 48 heavy (non-hydrogen) atoms. The molecule has 0 aliphatic heterocycles. The number of phenols is 2. The fourth-order valence-corrected chi connectivity index (χ4v) is 6.27. The first-order valence-corrected chi connectivity index (χ1v) is 17.3. The molecule has 0 saturated carbocycles. The van der Waals surface area contributed by atoms with Crippen molar-refractivity contribution in [3.8, 4) is 22.6 Å². The highest BCUT2D eigenvalue weighted by Crippen LogP contribution is 2.42. The first-order chi connectivity index (χ1) is 22.7. The predicted octanol–water partition coefficient (Wildman–Crippen LogP) is 7.72. The molecule has 0 unspecified atom stereocenters. The van der Waals surface area contributed by atoms with Crippen LogP contribution in [0.25, 0.3) is 32.7 Å². The average molecular weight is 683 g/mol. The molecular weight excluding hydrogens is 657 g/mol. The molecule has 0 fully saturated rings. The van der Waals surface area contributed by atoms with Gasteiger partial charge in [0.1, 0.15) is 22.9 Å². The second-order valence-electron chi connectivity index (χ2n) is 10.8. The minimum Gasteiger partial charge on any atom is -0.507 e. The lowest BCUT2D eigenvalue weighted by Gasteiger charge is -2.09. The summed E-state index contributed by atoms with van der Waals surface area (Å²) in [5, 5.41) is 39.3. The van der Waals surface area contributed by atoms with E-state index in [4.69, 9.17) is 11.5 Å². The van der Waals surface area contributed by atoms with Gasteiger partial charge in [-0.3, -0.25) is 4.55 Å². The van der Waals surface area contributed by atoms with Gasteiger partial charge in [0.05, 0.1) is 43.3 Å². The first kappa shape index (κ1) is 32.1. The zero-order chi connectivity index (χ0) is 34.4. The summed E-state index contributed by atoms with van der Waals surface area (Å²) in [7, 11) is -8.08. The van der Waals surface area contributed by atoms with Gasteiger partial charge in [-0.1, -0.05) is 36.4 Å². The smallest absolute Gasteiger partial charge is 0.294 e. The number of rotatable bonds is 7. The fraction of sp³-hybridized carbons (Fsp3) is 0.0303. The van der Waals surface area contributed by atoms with Gasteiger partial charge in [0.15, 0.2) is 9.84 Å². The molecule has 6 aromatic rings. The van der Waals surface area contributed by atoms with Crippen LogP contribution in [0.2, 0.25) is 0 Å². The number of hydrogen-bond donors (Lipinski definition) is 5. The second kappa shape index (κ2) is 12.0. The van der Waals surface area contributed by atoms with Crippen LogP contribution in [0.5, 0.6) is 11.5 Å². The molecule has 0 spiro atoms. The van der Waals surface area contributed by atoms with Crippen molar-refractivity contribution in [3.63, 3.8) is 0 Å². The van der Waals surface area contributed by atoms with Crippen LogP contribution in [0.15, 0.2) is 127 Å². The Morgan fingerprint density at radius 2 is 0.938 bits per heavy atom. The van der Waals surface area contributed by atoms with Crippen molar-refractivity contribution in [2.45, 2.75) is 9.79 Å². The maximum atomic E-state index is 12.0. The Labute approximate surface area is 274 Å². The summed E-state index contributed by atoms with van der Waals surface area (Å²) in [5.41, 5.74) is 15.7. The summed E-state index contributed by atoms with van der Waals surface area (Å²) >= 11 is 0. The van der Waals surface area contributed by atoms with Crippen molar-refractivity contribution in [3.05, 3.63) is 97.1 Å². The molecule has 242 valence electrons. The maximum absolute atomic E-state index is 12.0. The molecule has 6 rings (SSSR count). The van der Waals surface area contributed by atoms with E-state index in [1.54, 1.807) is 36.4 Å². The third-order valence-corrected chi connectivity index (χ3v) is 9.40. The van der Waals surface area contributed by atoms with Crippen molar-refractivity contribution in [1.29, 1.82) is 0 Å². The van der Waals surface area contributed by atoms with Crippen molar-refractivity contribution >= 4 is 75.6 Å². The van der Waals surface area contributed by atoms with Crippen LogP contribution in [0.3, 0.4) is 0 Å². The van der Waals surface area contributed by atoms with Gasteiger partial charge >= 0.3 is 0 Å². The van der Waals surface area contributed by atoms with Crippen LogP contribution in [0.1, 0.15) is 0 Å². The van der Waals surface area contributed by atoms with E-state index >= 15 is 0 Å². The summed E-state index contributed by atoms with van der Waals surface area (Å²) in [4.78, 5) is -0.492. The number of fused-ring (bicyclic) bond motifs is 2. The van der Waals surface area contributed by atoms with Crippen LogP contribution in [0.4, 0.5) is 34.1 Å². The summed E-state index contributed by atoms with van der Waals surface area (Å²) in [6, 6.07) is 25.2. The number of nitrogens with two attached hydrogens (primary N) is 2. The Balaban J connectivity index is 1.22. The van der Waals surface area contributed by atoms with Crippen LogP contribution in [-0.4, -0.2) is 37.9 Å². The highest BCUT2D eigenvalue weighted by molar-refractivity contribution is 7.90. The highest BCUT2D eigenvalue weighted by Gasteiger charge is 2.18. The SMILES string of the molecule is CS(=O)(=O)c1cc(O)c2c(N=Nc3ccc(-c4ccc(N=Nc5c(N)ccc6cc(S(=O)(=O)O)cc(O)c56)cc4)cc3)c(N)ccc2c1. The first-order valence-electron chi connectivity index (χ1n) is 14.0. The summed E-state index contributed by atoms with van der Waals surface area (Å²) in [5.74, 6) is -0.706. The molecule has 6 aromatic carbocycles. The second-order valence-corrected chi connectivity index (χ2v) is 14.3. The summed E-state index contributed by atoms with van der Waals surface area (Å²) in [6.07, 6.45) is 1.06. The maximum Gasteiger partial charge on any atom is 0.294 e. The molecular formula is C33H26N6O7S2. The zero-order valence-electron chi connectivity index (χ0n) is 25.0. The Bertz CT molecular complexity index is 2360. The molecule has 15 heteroatoms. The summed E-state index contributed by atoms with van der Waals surface area (Å²) < 4.78 is 56.5. The number of aromatic hydroxyl groups is 2. The van der Waals surface area contributed by atoms with Crippen LogP contribution < -0.4 is 11.5 Å². The lowest BCUT2D eigenvalue weighted by atomic mass is 10.1. The van der Waals surface area contributed by atoms with Crippen molar-refractivity contribution in [2.75, 3.05) is 17.7 Å². The van der Waals surface area contributed by atoms with Crippen molar-refractivity contribution in [1.82, 2.24) is 0 Å². The normalized spacial score (nSPS) is 12.5. The third-order valence-electron chi connectivity index (χ3n) is 7.47. The largest absolute Gasteiger partial charge is 0.507 e. The molecule has 0 saturated heterocycles. The standard InChI is InChI=1S/C33H26N6O7S2/c1-47(42,43)24-14-20-6-12-26(34)32(30(20)28(40)16-24)38-36-22-8-2-18(3-9-22)19-4-10-23(11-5-19)37-39-33-27(35)13-7-21-15-25(48(44,45)46)17-29(41)31(21)33/h2-17,40-41H,34-35H2,1H3,(H,44,45,46). The van der Waals surface area contributed by atoms with E-state index < -0.39 is 30.6 Å². The molecule has 0 atom stereocenters. The molecule has 0 bridgehead atoms. The van der Waals surface area contributed by atoms with Crippen LogP contribution in [-0.2, 0) is 20.0 Å². The number of anilines is 2. The topological polar surface area (TPSA) is 230 Å². The van der Waals surface area contributed by atoms with E-state index in [1.165, 1.54) is 24.3 Å². The highest BCUT2D eigenvalue weighted by atomic mass is 32.2. The Hall–Kier alpha value is -5.90. The van der Waals surface area contributed by atoms with Crippen LogP contribution >= 0.6 is 0 Å². The van der Waals surface area contributed by atoms with Gasteiger partial charge in [-0.15, -0.1) is 10.2 Å². The number of azo groups is 2. The molecule has 0 aliphatic rings.